The van der Waals surface area contributed by atoms with E-state index in [0.29, 0.717) is 0 Å². The molecule has 1 aromatic carbocycles. The van der Waals surface area contributed by atoms with Gasteiger partial charge >= 0.3 is 6.18 Å². The lowest BCUT2D eigenvalue weighted by Gasteiger charge is -2.08. The Morgan fingerprint density at radius 3 is 2.53 bits per heavy atom. The van der Waals surface area contributed by atoms with Crippen molar-refractivity contribution in [2.45, 2.75) is 13.1 Å². The molecule has 1 nitrogen and oxygen atoms in total. The monoisotopic (exact) mass is 302 g/mol. The van der Waals surface area contributed by atoms with Crippen LogP contribution in [0.25, 0.3) is 0 Å². The van der Waals surface area contributed by atoms with E-state index >= 15 is 0 Å². The van der Waals surface area contributed by atoms with E-state index in [2.05, 4.69) is 15.9 Å². The van der Waals surface area contributed by atoms with Crippen molar-refractivity contribution >= 4 is 33.3 Å². The predicted molar refractivity (Wildman–Crippen MR) is 54.3 cm³/mol. The maximum absolute atomic E-state index is 12.3. The second-order valence-electron chi connectivity index (χ2n) is 2.70. The summed E-state index contributed by atoms with van der Waals surface area (Å²) in [5, 5.41) is -0.671. The van der Waals surface area contributed by atoms with Crippen LogP contribution in [0.2, 0.25) is 5.02 Å². The van der Waals surface area contributed by atoms with Gasteiger partial charge in [0.2, 0.25) is 0 Å². The van der Waals surface area contributed by atoms with Gasteiger partial charge in [-0.05, 0) is 24.6 Å². The van der Waals surface area contributed by atoms with Crippen molar-refractivity contribution in [2.75, 3.05) is 0 Å². The summed E-state index contributed by atoms with van der Waals surface area (Å²) in [5.41, 5.74) is -0.920. The zero-order valence-electron chi connectivity index (χ0n) is 9.30. The highest BCUT2D eigenvalue weighted by atomic mass is 79.9. The molecule has 0 aromatic heterocycles. The minimum atomic E-state index is -5.12. The number of ketones is 1. The summed E-state index contributed by atoms with van der Waals surface area (Å²) in [4.78, 5) is 11.1. The molecule has 0 radical (unpaired) electrons. The van der Waals surface area contributed by atoms with Crippen LogP contribution in [0.4, 0.5) is 13.2 Å². The van der Waals surface area contributed by atoms with Crippen LogP contribution in [-0.2, 0) is 0 Å². The average molecular weight is 304 g/mol. The molecule has 0 bridgehead atoms. The number of carbonyl (C=O) groups excluding carboxylic acids is 1. The van der Waals surface area contributed by atoms with Gasteiger partial charge < -0.3 is 0 Å². The van der Waals surface area contributed by atoms with Crippen molar-refractivity contribution in [3.8, 4) is 0 Å². The number of hydrogen-bond acceptors (Lipinski definition) is 1. The molecule has 6 heteroatoms. The van der Waals surface area contributed by atoms with E-state index in [-0.39, 0.29) is 10.0 Å². The summed E-state index contributed by atoms with van der Waals surface area (Å²) < 4.78 is 51.9. The Balaban J connectivity index is 3.62. The summed E-state index contributed by atoms with van der Waals surface area (Å²) >= 11 is 8.45. The van der Waals surface area contributed by atoms with Crippen molar-refractivity contribution in [3.05, 3.63) is 32.7 Å². The minimum Gasteiger partial charge on any atom is -0.284 e. The summed E-state index contributed by atoms with van der Waals surface area (Å²) in [5.74, 6) is -2.21. The molecule has 0 aliphatic heterocycles. The molecule has 0 amide bonds. The Kier molecular flexibility index (Phi) is 2.66. The molecule has 0 N–H and O–H groups in total. The Hall–Kier alpha value is -0.550. The maximum atomic E-state index is 12.3. The molecule has 0 aliphatic rings. The van der Waals surface area contributed by atoms with E-state index in [0.717, 1.165) is 0 Å². The van der Waals surface area contributed by atoms with Crippen LogP contribution in [0.1, 0.15) is 18.7 Å². The molecule has 0 saturated carbocycles. The Labute approximate surface area is 100 Å². The molecule has 0 saturated heterocycles. The fourth-order valence-electron chi connectivity index (χ4n) is 0.848. The van der Waals surface area contributed by atoms with Crippen LogP contribution in [-0.4, -0.2) is 12.0 Å². The molecule has 0 aliphatic carbocycles. The lowest BCUT2D eigenvalue weighted by Crippen LogP contribution is -2.23. The lowest BCUT2D eigenvalue weighted by molar-refractivity contribution is -0.0885. The van der Waals surface area contributed by atoms with Gasteiger partial charge in [-0.1, -0.05) is 27.5 Å². The van der Waals surface area contributed by atoms with Gasteiger partial charge in [0.05, 0.1) is 7.76 Å². The van der Waals surface area contributed by atoms with Gasteiger partial charge in [-0.25, -0.2) is 0 Å². The fourth-order valence-corrected chi connectivity index (χ4v) is 1.49. The Morgan fingerprint density at radius 1 is 1.53 bits per heavy atom. The van der Waals surface area contributed by atoms with E-state index in [9.17, 15) is 18.0 Å². The molecule has 1 rings (SSSR count). The maximum Gasteiger partial charge on any atom is 0.454 e. The van der Waals surface area contributed by atoms with E-state index in [4.69, 9.17) is 14.3 Å². The van der Waals surface area contributed by atoms with Crippen LogP contribution >= 0.6 is 27.5 Å². The van der Waals surface area contributed by atoms with Gasteiger partial charge in [0.25, 0.3) is 5.78 Å². The van der Waals surface area contributed by atoms with Crippen molar-refractivity contribution in [1.82, 2.24) is 0 Å². The molecule has 1 aromatic rings. The van der Waals surface area contributed by atoms with E-state index < -0.39 is 34.6 Å². The Morgan fingerprint density at radius 2 is 2.07 bits per heavy atom. The second-order valence-corrected chi connectivity index (χ2v) is 3.88. The number of hydrogen-bond donors (Lipinski definition) is 0. The molecular weight excluding hydrogens is 296 g/mol. The molecule has 0 spiro atoms. The number of carbonyl (C=O) groups is 1. The highest BCUT2D eigenvalue weighted by Crippen LogP contribution is 2.30. The van der Waals surface area contributed by atoms with Crippen LogP contribution in [0, 0.1) is 6.92 Å². The van der Waals surface area contributed by atoms with Crippen molar-refractivity contribution in [1.29, 1.82) is 0 Å². The summed E-state index contributed by atoms with van der Waals surface area (Å²) in [7, 11) is 0. The van der Waals surface area contributed by atoms with Gasteiger partial charge in [0.1, 0.15) is 0 Å². The summed E-state index contributed by atoms with van der Waals surface area (Å²) in [6.07, 6.45) is -5.12. The largest absolute Gasteiger partial charge is 0.454 e. The van der Waals surface area contributed by atoms with Crippen molar-refractivity contribution in [3.63, 3.8) is 0 Å². The normalized spacial score (nSPS) is 13.5. The summed E-state index contributed by atoms with van der Waals surface area (Å²) in [6.45, 7) is 1.33. The van der Waals surface area contributed by atoms with Gasteiger partial charge in [-0.15, -0.1) is 0 Å². The van der Waals surface area contributed by atoms with Crippen LogP contribution in [0.5, 0.6) is 0 Å². The van der Waals surface area contributed by atoms with Gasteiger partial charge in [0, 0.05) is 10.0 Å². The van der Waals surface area contributed by atoms with E-state index in [1.54, 1.807) is 0 Å². The quantitative estimate of drug-likeness (QED) is 0.712. The highest BCUT2D eigenvalue weighted by Gasteiger charge is 2.40. The SMILES string of the molecule is [2H]c1c(Cl)c(C(=O)C(F)(F)F)c([2H])c(C)c1Br. The standard InChI is InChI=1S/C9H5BrClF3O/c1-4-2-5(7(11)3-6(4)10)8(15)9(12,13)14/h2-3H,1H3/i2D,3D. The molecular formula is C9H5BrClF3O. The molecule has 82 valence electrons. The zero-order valence-corrected chi connectivity index (χ0v) is 9.64. The first-order chi connectivity index (χ1) is 7.59. The van der Waals surface area contributed by atoms with E-state index in [1.165, 1.54) is 6.92 Å². The van der Waals surface area contributed by atoms with Gasteiger partial charge in [-0.2, -0.15) is 13.2 Å². The first kappa shape index (κ1) is 9.66. The molecule has 0 atom stereocenters. The van der Waals surface area contributed by atoms with Gasteiger partial charge in [0.15, 0.2) is 0 Å². The number of alkyl halides is 3. The summed E-state index contributed by atoms with van der Waals surface area (Å²) in [6, 6.07) is -1.06. The number of benzene rings is 1. The smallest absolute Gasteiger partial charge is 0.284 e. The topological polar surface area (TPSA) is 17.1 Å². The van der Waals surface area contributed by atoms with Crippen molar-refractivity contribution in [2.24, 2.45) is 0 Å². The van der Waals surface area contributed by atoms with Crippen LogP contribution < -0.4 is 0 Å². The van der Waals surface area contributed by atoms with Crippen LogP contribution in [0.3, 0.4) is 0 Å². The fraction of sp³-hybridized carbons (Fsp3) is 0.222. The molecule has 0 heterocycles. The third-order valence-electron chi connectivity index (χ3n) is 1.57. The first-order valence-electron chi connectivity index (χ1n) is 4.65. The molecule has 0 fully saturated rings. The number of rotatable bonds is 1. The second kappa shape index (κ2) is 4.14. The first-order valence-corrected chi connectivity index (χ1v) is 4.82. The minimum absolute atomic E-state index is 0.0620. The van der Waals surface area contributed by atoms with E-state index in [1.807, 2.05) is 0 Å². The molecule has 0 unspecified atom stereocenters. The third-order valence-corrected chi connectivity index (χ3v) is 2.64. The lowest BCUT2D eigenvalue weighted by atomic mass is 10.1. The van der Waals surface area contributed by atoms with Crippen molar-refractivity contribution < 1.29 is 20.7 Å². The van der Waals surface area contributed by atoms with Crippen LogP contribution in [0.15, 0.2) is 16.6 Å². The molecule has 15 heavy (non-hydrogen) atoms. The third kappa shape index (κ3) is 2.72. The Bertz CT molecular complexity index is 473. The average Bonchev–Trinajstić information content (AvgIpc) is 2.22. The highest BCUT2D eigenvalue weighted by molar-refractivity contribution is 9.10. The number of halogens is 5. The number of Topliss-reactive ketones (excluding diaryl/α,β-unsaturated/α-hetero) is 1. The van der Waals surface area contributed by atoms with Gasteiger partial charge in [-0.3, -0.25) is 4.79 Å². The predicted octanol–water partition coefficient (Wildman–Crippen LogP) is 4.16. The zero-order chi connectivity index (χ0) is 13.5.